The molecule has 0 saturated heterocycles. The van der Waals surface area contributed by atoms with Gasteiger partial charge in [-0.2, -0.15) is 0 Å². The Bertz CT molecular complexity index is 1030. The molecule has 0 bridgehead atoms. The topological polar surface area (TPSA) is 56.2 Å². The van der Waals surface area contributed by atoms with Crippen molar-refractivity contribution in [2.75, 3.05) is 6.61 Å². The van der Waals surface area contributed by atoms with Gasteiger partial charge in [0.15, 0.2) is 0 Å². The zero-order chi connectivity index (χ0) is 22.5. The number of fused-ring (bicyclic) bond motifs is 1. The number of rotatable bonds is 9. The fourth-order valence-corrected chi connectivity index (χ4v) is 4.07. The number of carbonyl (C=O) groups is 1. The molecule has 1 heterocycles. The second-order valence-electron chi connectivity index (χ2n) is 8.07. The molecule has 0 aliphatic rings. The van der Waals surface area contributed by atoms with Gasteiger partial charge in [-0.25, -0.2) is 4.98 Å². The molecule has 0 spiro atoms. The number of carbonyl (C=O) groups excluding carboxylic acids is 1. The van der Waals surface area contributed by atoms with Crippen LogP contribution in [0.25, 0.3) is 11.0 Å². The van der Waals surface area contributed by atoms with Gasteiger partial charge in [0.25, 0.3) is 0 Å². The van der Waals surface area contributed by atoms with Crippen LogP contribution in [-0.4, -0.2) is 22.1 Å². The van der Waals surface area contributed by atoms with E-state index in [2.05, 4.69) is 16.0 Å². The summed E-state index contributed by atoms with van der Waals surface area (Å²) in [6.07, 6.45) is 1.67. The number of ether oxygens (including phenoxy) is 1. The van der Waals surface area contributed by atoms with Crippen molar-refractivity contribution >= 4 is 28.5 Å². The molecule has 3 rings (SSSR count). The summed E-state index contributed by atoms with van der Waals surface area (Å²) in [4.78, 5) is 17.4. The van der Waals surface area contributed by atoms with Gasteiger partial charge in [-0.05, 0) is 69.0 Å². The first-order chi connectivity index (χ1) is 14.8. The highest BCUT2D eigenvalue weighted by molar-refractivity contribution is 6.32. The standard InChI is InChI=1S/C25H32ClN3O2/c1-6-19(7-2)25(30)27-18(5)24-28-21-10-8-9-11-22(21)29(24)12-13-31-20-14-16(3)23(26)17(4)15-20/h8-11,14-15,18-19H,6-7,12-13H2,1-5H3,(H,27,30). The number of aromatic nitrogens is 2. The Labute approximate surface area is 189 Å². The number of aryl methyl sites for hydroxylation is 2. The largest absolute Gasteiger partial charge is 0.492 e. The molecular weight excluding hydrogens is 410 g/mol. The Morgan fingerprint density at radius 2 is 1.81 bits per heavy atom. The molecule has 6 heteroatoms. The number of para-hydroxylation sites is 2. The zero-order valence-corrected chi connectivity index (χ0v) is 19.8. The van der Waals surface area contributed by atoms with Crippen LogP contribution in [0.15, 0.2) is 36.4 Å². The molecule has 0 aliphatic heterocycles. The Hall–Kier alpha value is -2.53. The van der Waals surface area contributed by atoms with Gasteiger partial charge in [0.1, 0.15) is 18.2 Å². The molecule has 1 aromatic heterocycles. The predicted molar refractivity (Wildman–Crippen MR) is 127 cm³/mol. The highest BCUT2D eigenvalue weighted by Crippen LogP contribution is 2.26. The third-order valence-corrected chi connectivity index (χ3v) is 6.38. The molecule has 166 valence electrons. The molecule has 2 aromatic carbocycles. The molecule has 3 aromatic rings. The first kappa shape index (κ1) is 23.1. The molecule has 5 nitrogen and oxygen atoms in total. The van der Waals surface area contributed by atoms with E-state index in [0.29, 0.717) is 13.2 Å². The van der Waals surface area contributed by atoms with Crippen LogP contribution >= 0.6 is 11.6 Å². The van der Waals surface area contributed by atoms with E-state index in [9.17, 15) is 4.79 Å². The summed E-state index contributed by atoms with van der Waals surface area (Å²) in [6.45, 7) is 11.2. The average Bonchev–Trinajstić information content (AvgIpc) is 3.11. The summed E-state index contributed by atoms with van der Waals surface area (Å²) in [7, 11) is 0. The van der Waals surface area contributed by atoms with Crippen LogP contribution < -0.4 is 10.1 Å². The Kier molecular flexibility index (Phi) is 7.60. The van der Waals surface area contributed by atoms with Crippen LogP contribution in [0.4, 0.5) is 0 Å². The number of hydrogen-bond donors (Lipinski definition) is 1. The lowest BCUT2D eigenvalue weighted by Gasteiger charge is -2.19. The van der Waals surface area contributed by atoms with Crippen LogP contribution in [0.3, 0.4) is 0 Å². The lowest BCUT2D eigenvalue weighted by molar-refractivity contribution is -0.125. The van der Waals surface area contributed by atoms with Crippen molar-refractivity contribution in [3.8, 4) is 5.75 Å². The summed E-state index contributed by atoms with van der Waals surface area (Å²) in [5.41, 5.74) is 3.96. The zero-order valence-electron chi connectivity index (χ0n) is 19.0. The fraction of sp³-hybridized carbons (Fsp3) is 0.440. The van der Waals surface area contributed by atoms with E-state index in [-0.39, 0.29) is 17.9 Å². The summed E-state index contributed by atoms with van der Waals surface area (Å²) < 4.78 is 8.18. The van der Waals surface area contributed by atoms with E-state index in [1.807, 2.05) is 65.0 Å². The van der Waals surface area contributed by atoms with Crippen LogP contribution in [0.2, 0.25) is 5.02 Å². The van der Waals surface area contributed by atoms with Gasteiger partial charge in [-0.1, -0.05) is 37.6 Å². The average molecular weight is 442 g/mol. The van der Waals surface area contributed by atoms with Crippen molar-refractivity contribution in [3.05, 3.63) is 58.4 Å². The number of nitrogens with zero attached hydrogens (tertiary/aromatic N) is 2. The quantitative estimate of drug-likeness (QED) is 0.443. The Balaban J connectivity index is 1.80. The lowest BCUT2D eigenvalue weighted by Crippen LogP contribution is -2.33. The molecule has 0 radical (unpaired) electrons. The van der Waals surface area contributed by atoms with Crippen LogP contribution in [0, 0.1) is 19.8 Å². The van der Waals surface area contributed by atoms with Gasteiger partial charge in [0, 0.05) is 10.9 Å². The predicted octanol–water partition coefficient (Wildman–Crippen LogP) is 6.00. The smallest absolute Gasteiger partial charge is 0.223 e. The van der Waals surface area contributed by atoms with Crippen molar-refractivity contribution in [2.24, 2.45) is 5.92 Å². The number of amides is 1. The highest BCUT2D eigenvalue weighted by atomic mass is 35.5. The van der Waals surface area contributed by atoms with Crippen molar-refractivity contribution in [1.82, 2.24) is 14.9 Å². The van der Waals surface area contributed by atoms with Gasteiger partial charge in [0.05, 0.1) is 23.6 Å². The third-order valence-electron chi connectivity index (χ3n) is 5.78. The maximum absolute atomic E-state index is 12.6. The van der Waals surface area contributed by atoms with E-state index in [4.69, 9.17) is 21.3 Å². The SMILES string of the molecule is CCC(CC)C(=O)NC(C)c1nc2ccccc2n1CCOc1cc(C)c(Cl)c(C)c1. The van der Waals surface area contributed by atoms with Crippen molar-refractivity contribution in [2.45, 2.75) is 60.0 Å². The summed E-state index contributed by atoms with van der Waals surface area (Å²) in [5.74, 6) is 1.76. The minimum Gasteiger partial charge on any atom is -0.492 e. The minimum atomic E-state index is -0.194. The summed E-state index contributed by atoms with van der Waals surface area (Å²) in [5, 5.41) is 3.93. The maximum Gasteiger partial charge on any atom is 0.223 e. The summed E-state index contributed by atoms with van der Waals surface area (Å²) in [6, 6.07) is 11.8. The molecule has 1 unspecified atom stereocenters. The number of imidazole rings is 1. The molecule has 0 aliphatic carbocycles. The molecular formula is C25H32ClN3O2. The number of hydrogen-bond acceptors (Lipinski definition) is 3. The lowest BCUT2D eigenvalue weighted by atomic mass is 10.0. The van der Waals surface area contributed by atoms with Gasteiger partial charge >= 0.3 is 0 Å². The van der Waals surface area contributed by atoms with E-state index in [1.54, 1.807) is 0 Å². The Morgan fingerprint density at radius 1 is 1.16 bits per heavy atom. The first-order valence-corrected chi connectivity index (χ1v) is 11.4. The van der Waals surface area contributed by atoms with Crippen LogP contribution in [-0.2, 0) is 11.3 Å². The molecule has 1 atom stereocenters. The number of benzene rings is 2. The normalized spacial score (nSPS) is 12.4. The molecule has 31 heavy (non-hydrogen) atoms. The maximum atomic E-state index is 12.6. The fourth-order valence-electron chi connectivity index (χ4n) is 3.96. The van der Waals surface area contributed by atoms with E-state index in [1.165, 1.54) is 0 Å². The monoisotopic (exact) mass is 441 g/mol. The van der Waals surface area contributed by atoms with Crippen molar-refractivity contribution in [3.63, 3.8) is 0 Å². The molecule has 0 saturated carbocycles. The van der Waals surface area contributed by atoms with Crippen LogP contribution in [0.1, 0.15) is 56.6 Å². The second-order valence-corrected chi connectivity index (χ2v) is 8.45. The Morgan fingerprint density at radius 3 is 2.45 bits per heavy atom. The molecule has 1 N–H and O–H groups in total. The molecule has 1 amide bonds. The number of halogens is 1. The van der Waals surface area contributed by atoms with Gasteiger partial charge < -0.3 is 14.6 Å². The van der Waals surface area contributed by atoms with Gasteiger partial charge in [-0.3, -0.25) is 4.79 Å². The molecule has 0 fully saturated rings. The van der Waals surface area contributed by atoms with E-state index >= 15 is 0 Å². The van der Waals surface area contributed by atoms with Gasteiger partial charge in [-0.15, -0.1) is 0 Å². The van der Waals surface area contributed by atoms with E-state index in [0.717, 1.165) is 51.6 Å². The highest BCUT2D eigenvalue weighted by Gasteiger charge is 2.21. The minimum absolute atomic E-state index is 0.0278. The van der Waals surface area contributed by atoms with E-state index < -0.39 is 0 Å². The van der Waals surface area contributed by atoms with Crippen LogP contribution in [0.5, 0.6) is 5.75 Å². The summed E-state index contributed by atoms with van der Waals surface area (Å²) >= 11 is 6.27. The van der Waals surface area contributed by atoms with Gasteiger partial charge in [0.2, 0.25) is 5.91 Å². The number of nitrogens with one attached hydrogen (secondary N) is 1. The first-order valence-electron chi connectivity index (χ1n) is 11.0. The van der Waals surface area contributed by atoms with Crippen molar-refractivity contribution in [1.29, 1.82) is 0 Å². The second kappa shape index (κ2) is 10.2. The van der Waals surface area contributed by atoms with Crippen molar-refractivity contribution < 1.29 is 9.53 Å². The third kappa shape index (κ3) is 5.21.